The van der Waals surface area contributed by atoms with Gasteiger partial charge in [0.15, 0.2) is 5.16 Å². The summed E-state index contributed by atoms with van der Waals surface area (Å²) in [5, 5.41) is 12.3. The Bertz CT molecular complexity index is 1160. The van der Waals surface area contributed by atoms with E-state index in [0.29, 0.717) is 0 Å². The number of thiazole rings is 1. The summed E-state index contributed by atoms with van der Waals surface area (Å²) in [5.74, 6) is 0.136. The smallest absolute Gasteiger partial charge is 0.238 e. The third kappa shape index (κ3) is 3.40. The number of aryl methyl sites for hydroxylation is 1. The second-order valence-electron chi connectivity index (χ2n) is 7.19. The highest BCUT2D eigenvalue weighted by Crippen LogP contribution is 2.33. The summed E-state index contributed by atoms with van der Waals surface area (Å²) in [5.41, 5.74) is 4.20. The fraction of sp³-hybridized carbons (Fsp3) is 0.286. The number of rotatable bonds is 5. The average molecular weight is 411 g/mol. The number of carbonyl (C=O) groups excluding carboxylic acids is 1. The van der Waals surface area contributed by atoms with Crippen LogP contribution in [0.3, 0.4) is 0 Å². The van der Waals surface area contributed by atoms with E-state index in [1.54, 1.807) is 11.3 Å². The van der Waals surface area contributed by atoms with E-state index in [-0.39, 0.29) is 17.1 Å². The number of carbonyl (C=O) groups is 1. The first kappa shape index (κ1) is 19.0. The van der Waals surface area contributed by atoms with E-state index in [2.05, 4.69) is 41.5 Å². The summed E-state index contributed by atoms with van der Waals surface area (Å²) in [6, 6.07) is 14.1. The van der Waals surface area contributed by atoms with E-state index in [1.807, 2.05) is 48.6 Å². The Labute approximate surface area is 172 Å². The van der Waals surface area contributed by atoms with Crippen LogP contribution in [0.25, 0.3) is 15.2 Å². The summed E-state index contributed by atoms with van der Waals surface area (Å²) >= 11 is 3.08. The van der Waals surface area contributed by atoms with Crippen molar-refractivity contribution >= 4 is 49.9 Å². The van der Waals surface area contributed by atoms with Gasteiger partial charge in [-0.05, 0) is 49.1 Å². The molecule has 28 heavy (non-hydrogen) atoms. The van der Waals surface area contributed by atoms with Crippen molar-refractivity contribution in [3.63, 3.8) is 0 Å². The molecule has 1 N–H and O–H groups in total. The van der Waals surface area contributed by atoms with Gasteiger partial charge in [-0.1, -0.05) is 61.2 Å². The molecule has 0 unspecified atom stereocenters. The molecule has 5 nitrogen and oxygen atoms in total. The molecule has 0 saturated heterocycles. The van der Waals surface area contributed by atoms with Crippen molar-refractivity contribution in [1.82, 2.24) is 14.6 Å². The lowest BCUT2D eigenvalue weighted by atomic mass is 10.1. The van der Waals surface area contributed by atoms with Crippen molar-refractivity contribution in [2.45, 2.75) is 38.1 Å². The van der Waals surface area contributed by atoms with Gasteiger partial charge in [0.05, 0.1) is 15.5 Å². The van der Waals surface area contributed by atoms with E-state index in [4.69, 9.17) is 0 Å². The van der Waals surface area contributed by atoms with Gasteiger partial charge in [0, 0.05) is 5.69 Å². The van der Waals surface area contributed by atoms with Crippen LogP contribution in [-0.4, -0.2) is 25.8 Å². The number of nitrogens with one attached hydrogen (secondary N) is 1. The number of benzene rings is 2. The average Bonchev–Trinajstić information content (AvgIpc) is 3.22. The van der Waals surface area contributed by atoms with Crippen LogP contribution < -0.4 is 5.32 Å². The Balaban J connectivity index is 1.65. The summed E-state index contributed by atoms with van der Waals surface area (Å²) in [6.07, 6.45) is 0. The largest absolute Gasteiger partial charge is 0.325 e. The Morgan fingerprint density at radius 2 is 1.89 bits per heavy atom. The Hall–Kier alpha value is -2.38. The Morgan fingerprint density at radius 3 is 2.68 bits per heavy atom. The van der Waals surface area contributed by atoms with Gasteiger partial charge in [0.2, 0.25) is 10.9 Å². The van der Waals surface area contributed by atoms with Crippen LogP contribution in [-0.2, 0) is 4.79 Å². The third-order valence-corrected chi connectivity index (χ3v) is 7.37. The highest BCUT2D eigenvalue weighted by atomic mass is 32.2. The van der Waals surface area contributed by atoms with Crippen LogP contribution in [0.15, 0.2) is 47.6 Å². The quantitative estimate of drug-likeness (QED) is 0.453. The topological polar surface area (TPSA) is 59.3 Å². The van der Waals surface area contributed by atoms with Crippen LogP contribution in [0.2, 0.25) is 0 Å². The van der Waals surface area contributed by atoms with Gasteiger partial charge in [-0.2, -0.15) is 0 Å². The van der Waals surface area contributed by atoms with Crippen molar-refractivity contribution in [2.75, 3.05) is 5.32 Å². The molecule has 0 aliphatic rings. The van der Waals surface area contributed by atoms with E-state index >= 15 is 0 Å². The molecule has 0 saturated carbocycles. The van der Waals surface area contributed by atoms with E-state index < -0.39 is 0 Å². The fourth-order valence-corrected chi connectivity index (χ4v) is 5.19. The normalized spacial score (nSPS) is 12.8. The molecule has 0 bridgehead atoms. The Morgan fingerprint density at radius 1 is 1.11 bits per heavy atom. The highest BCUT2D eigenvalue weighted by Gasteiger charge is 2.27. The molecule has 2 aromatic heterocycles. The first-order chi connectivity index (χ1) is 13.5. The van der Waals surface area contributed by atoms with Crippen molar-refractivity contribution in [1.29, 1.82) is 0 Å². The number of hydrogen-bond acceptors (Lipinski definition) is 5. The minimum Gasteiger partial charge on any atom is -0.325 e. The molecule has 7 heteroatoms. The minimum absolute atomic E-state index is 0.00927. The van der Waals surface area contributed by atoms with Gasteiger partial charge >= 0.3 is 0 Å². The molecular formula is C21H22N4OS2. The maximum atomic E-state index is 13.1. The van der Waals surface area contributed by atoms with Gasteiger partial charge in [-0.25, -0.2) is 0 Å². The predicted octanol–water partition coefficient (Wildman–Crippen LogP) is 5.32. The predicted molar refractivity (Wildman–Crippen MR) is 117 cm³/mol. The number of hydrogen-bond donors (Lipinski definition) is 1. The first-order valence-electron chi connectivity index (χ1n) is 9.22. The number of fused-ring (bicyclic) bond motifs is 3. The molecule has 2 heterocycles. The molecule has 0 spiro atoms. The van der Waals surface area contributed by atoms with Crippen molar-refractivity contribution in [3.05, 3.63) is 53.6 Å². The van der Waals surface area contributed by atoms with Crippen molar-refractivity contribution in [2.24, 2.45) is 5.92 Å². The molecule has 0 fully saturated rings. The lowest BCUT2D eigenvalue weighted by Crippen LogP contribution is -2.30. The number of thioether (sulfide) groups is 1. The maximum Gasteiger partial charge on any atom is 0.238 e. The molecule has 4 aromatic rings. The van der Waals surface area contributed by atoms with E-state index in [9.17, 15) is 4.79 Å². The van der Waals surface area contributed by atoms with Crippen LogP contribution in [0, 0.1) is 19.8 Å². The standard InChI is InChI=1S/C21H22N4OS2/c1-12(2)18(19(26)22-15-9-7-8-13(3)14(15)4)28-21-24-23-20-25(21)16-10-5-6-11-17(16)27-20/h5-12,18H,1-4H3,(H,22,26)/t18-/m0/s1. The van der Waals surface area contributed by atoms with Crippen LogP contribution >= 0.6 is 23.1 Å². The number of anilines is 1. The lowest BCUT2D eigenvalue weighted by molar-refractivity contribution is -0.116. The number of aromatic nitrogens is 3. The first-order valence-corrected chi connectivity index (χ1v) is 10.9. The number of nitrogens with zero attached hydrogens (tertiary/aromatic N) is 3. The van der Waals surface area contributed by atoms with Gasteiger partial charge in [0.25, 0.3) is 0 Å². The zero-order valence-electron chi connectivity index (χ0n) is 16.3. The summed E-state index contributed by atoms with van der Waals surface area (Å²) in [4.78, 5) is 13.9. The molecular weight excluding hydrogens is 388 g/mol. The maximum absolute atomic E-state index is 13.1. The third-order valence-electron chi connectivity index (χ3n) is 4.87. The zero-order valence-corrected chi connectivity index (χ0v) is 17.9. The minimum atomic E-state index is -0.272. The van der Waals surface area contributed by atoms with Crippen LogP contribution in [0.4, 0.5) is 5.69 Å². The SMILES string of the molecule is Cc1cccc(NC(=O)[C@@H](Sc2nnc3sc4ccccc4n23)C(C)C)c1C. The lowest BCUT2D eigenvalue weighted by Gasteiger charge is -2.20. The van der Waals surface area contributed by atoms with Crippen LogP contribution in [0.1, 0.15) is 25.0 Å². The number of para-hydroxylation sites is 1. The van der Waals surface area contributed by atoms with Crippen LogP contribution in [0.5, 0.6) is 0 Å². The number of amides is 1. The second-order valence-corrected chi connectivity index (χ2v) is 9.31. The monoisotopic (exact) mass is 410 g/mol. The van der Waals surface area contributed by atoms with E-state index in [0.717, 1.165) is 37.1 Å². The van der Waals surface area contributed by atoms with E-state index in [1.165, 1.54) is 11.8 Å². The van der Waals surface area contributed by atoms with Gasteiger partial charge in [-0.3, -0.25) is 9.20 Å². The Kier molecular flexibility index (Phi) is 5.12. The fourth-order valence-electron chi connectivity index (χ4n) is 3.13. The molecule has 0 aliphatic carbocycles. The summed E-state index contributed by atoms with van der Waals surface area (Å²) < 4.78 is 3.21. The summed E-state index contributed by atoms with van der Waals surface area (Å²) in [6.45, 7) is 8.20. The molecule has 4 rings (SSSR count). The van der Waals surface area contributed by atoms with Gasteiger partial charge in [0.1, 0.15) is 0 Å². The molecule has 1 amide bonds. The molecule has 0 radical (unpaired) electrons. The van der Waals surface area contributed by atoms with Gasteiger partial charge < -0.3 is 5.32 Å². The highest BCUT2D eigenvalue weighted by molar-refractivity contribution is 8.00. The van der Waals surface area contributed by atoms with Gasteiger partial charge in [-0.15, -0.1) is 10.2 Å². The molecule has 144 valence electrons. The van der Waals surface area contributed by atoms with Crippen molar-refractivity contribution < 1.29 is 4.79 Å². The molecule has 1 atom stereocenters. The molecule has 2 aromatic carbocycles. The summed E-state index contributed by atoms with van der Waals surface area (Å²) in [7, 11) is 0. The second kappa shape index (κ2) is 7.56. The molecule has 0 aliphatic heterocycles. The zero-order chi connectivity index (χ0) is 19.8. The van der Waals surface area contributed by atoms with Crippen molar-refractivity contribution in [3.8, 4) is 0 Å².